The van der Waals surface area contributed by atoms with Crippen LogP contribution in [0.5, 0.6) is 5.75 Å². The number of ether oxygens (including phenoxy) is 1. The number of benzene rings is 1. The molecule has 0 saturated carbocycles. The first kappa shape index (κ1) is 16.3. The second-order valence-electron chi connectivity index (χ2n) is 6.30. The first-order valence-corrected chi connectivity index (χ1v) is 8.60. The second kappa shape index (κ2) is 6.99. The maximum atomic E-state index is 12.7. The molecule has 1 amide bonds. The number of amides is 1. The number of hydrogen-bond acceptors (Lipinski definition) is 6. The minimum Gasteiger partial charge on any atom is -0.495 e. The molecule has 4 rings (SSSR count). The summed E-state index contributed by atoms with van der Waals surface area (Å²) in [5, 5.41) is 15.3. The summed E-state index contributed by atoms with van der Waals surface area (Å²) in [7, 11) is 1.60. The summed E-state index contributed by atoms with van der Waals surface area (Å²) in [4.78, 5) is 14.9. The van der Waals surface area contributed by atoms with E-state index in [9.17, 15) is 4.79 Å². The van der Waals surface area contributed by atoms with Crippen molar-refractivity contribution >= 4 is 23.1 Å². The van der Waals surface area contributed by atoms with Crippen LogP contribution in [-0.2, 0) is 4.79 Å². The van der Waals surface area contributed by atoms with Crippen molar-refractivity contribution in [1.29, 1.82) is 0 Å². The molecule has 1 saturated heterocycles. The van der Waals surface area contributed by atoms with Gasteiger partial charge in [0.15, 0.2) is 5.65 Å². The summed E-state index contributed by atoms with van der Waals surface area (Å²) >= 11 is 0. The zero-order valence-corrected chi connectivity index (χ0v) is 14.5. The van der Waals surface area contributed by atoms with Crippen LogP contribution in [0.25, 0.3) is 5.65 Å². The van der Waals surface area contributed by atoms with Crippen molar-refractivity contribution < 1.29 is 9.53 Å². The molecule has 8 heteroatoms. The molecular formula is C18H20N6O2. The van der Waals surface area contributed by atoms with Crippen molar-refractivity contribution in [3.8, 4) is 5.75 Å². The van der Waals surface area contributed by atoms with E-state index in [2.05, 4.69) is 25.5 Å². The Morgan fingerprint density at radius 2 is 2.15 bits per heavy atom. The van der Waals surface area contributed by atoms with Crippen LogP contribution in [-0.4, -0.2) is 45.9 Å². The number of anilines is 2. The Balaban J connectivity index is 1.48. The predicted molar refractivity (Wildman–Crippen MR) is 97.3 cm³/mol. The molecule has 0 radical (unpaired) electrons. The summed E-state index contributed by atoms with van der Waals surface area (Å²) < 4.78 is 6.95. The second-order valence-corrected chi connectivity index (χ2v) is 6.30. The van der Waals surface area contributed by atoms with Crippen LogP contribution in [0, 0.1) is 5.92 Å². The minimum absolute atomic E-state index is 0.00424. The Hall–Kier alpha value is -3.16. The highest BCUT2D eigenvalue weighted by molar-refractivity contribution is 5.94. The quantitative estimate of drug-likeness (QED) is 0.773. The van der Waals surface area contributed by atoms with Crippen molar-refractivity contribution in [2.45, 2.75) is 12.8 Å². The van der Waals surface area contributed by atoms with Crippen molar-refractivity contribution in [3.63, 3.8) is 0 Å². The van der Waals surface area contributed by atoms with Crippen LogP contribution in [0.15, 0.2) is 42.7 Å². The minimum atomic E-state index is -0.105. The molecule has 2 aromatic heterocycles. The van der Waals surface area contributed by atoms with Crippen LogP contribution in [0.1, 0.15) is 12.8 Å². The third kappa shape index (κ3) is 3.17. The van der Waals surface area contributed by atoms with Crippen molar-refractivity contribution in [1.82, 2.24) is 19.8 Å². The lowest BCUT2D eigenvalue weighted by Crippen LogP contribution is -2.41. The molecule has 0 bridgehead atoms. The molecule has 1 aliphatic heterocycles. The van der Waals surface area contributed by atoms with Crippen LogP contribution in [0.3, 0.4) is 0 Å². The van der Waals surface area contributed by atoms with Crippen LogP contribution >= 0.6 is 0 Å². The Morgan fingerprint density at radius 3 is 3.04 bits per heavy atom. The van der Waals surface area contributed by atoms with Gasteiger partial charge in [-0.1, -0.05) is 12.1 Å². The van der Waals surface area contributed by atoms with E-state index in [4.69, 9.17) is 4.74 Å². The number of fused-ring (bicyclic) bond motifs is 1. The summed E-state index contributed by atoms with van der Waals surface area (Å²) in [6.07, 6.45) is 3.37. The smallest absolute Gasteiger partial charge is 0.229 e. The van der Waals surface area contributed by atoms with Gasteiger partial charge in [0.05, 0.1) is 18.7 Å². The normalized spacial score (nSPS) is 17.3. The SMILES string of the molecule is COc1ccccc1NC(=O)[C@H]1CCCN(c2ccc3nncn3n2)C1. The number of rotatable bonds is 4. The van der Waals surface area contributed by atoms with Gasteiger partial charge >= 0.3 is 0 Å². The lowest BCUT2D eigenvalue weighted by molar-refractivity contribution is -0.120. The van der Waals surface area contributed by atoms with Gasteiger partial charge in [-0.05, 0) is 37.1 Å². The van der Waals surface area contributed by atoms with E-state index in [1.54, 1.807) is 18.0 Å². The molecule has 3 aromatic rings. The van der Waals surface area contributed by atoms with E-state index < -0.39 is 0 Å². The van der Waals surface area contributed by atoms with Crippen molar-refractivity contribution in [3.05, 3.63) is 42.7 Å². The maximum Gasteiger partial charge on any atom is 0.229 e. The molecule has 3 heterocycles. The molecule has 0 aliphatic carbocycles. The van der Waals surface area contributed by atoms with E-state index in [0.717, 1.165) is 25.2 Å². The number of methoxy groups -OCH3 is 1. The Kier molecular flexibility index (Phi) is 4.39. The van der Waals surface area contributed by atoms with Gasteiger partial charge in [0, 0.05) is 13.1 Å². The van der Waals surface area contributed by atoms with Crippen molar-refractivity contribution in [2.75, 3.05) is 30.4 Å². The summed E-state index contributed by atoms with van der Waals surface area (Å²) in [6.45, 7) is 1.50. The van der Waals surface area contributed by atoms with Gasteiger partial charge in [-0.25, -0.2) is 0 Å². The fraction of sp³-hybridized carbons (Fsp3) is 0.333. The van der Waals surface area contributed by atoms with Gasteiger partial charge in [0.25, 0.3) is 0 Å². The molecule has 1 fully saturated rings. The molecule has 26 heavy (non-hydrogen) atoms. The number of nitrogens with one attached hydrogen (secondary N) is 1. The zero-order valence-electron chi connectivity index (χ0n) is 14.5. The molecule has 0 spiro atoms. The third-order valence-electron chi connectivity index (χ3n) is 4.63. The Labute approximate surface area is 150 Å². The highest BCUT2D eigenvalue weighted by atomic mass is 16.5. The van der Waals surface area contributed by atoms with Gasteiger partial charge in [0.1, 0.15) is 17.9 Å². The highest BCUT2D eigenvalue weighted by Crippen LogP contribution is 2.26. The Morgan fingerprint density at radius 1 is 1.27 bits per heavy atom. The van der Waals surface area contributed by atoms with Crippen molar-refractivity contribution in [2.24, 2.45) is 5.92 Å². The van der Waals surface area contributed by atoms with E-state index in [1.165, 1.54) is 0 Å². The molecule has 1 atom stereocenters. The molecule has 8 nitrogen and oxygen atoms in total. The standard InChI is InChI=1S/C18H20N6O2/c1-26-15-7-3-2-6-14(15)20-18(25)13-5-4-10-23(11-13)17-9-8-16-21-19-12-24(16)22-17/h2-3,6-9,12-13H,4-5,10-11H2,1H3,(H,20,25)/t13-/m0/s1. The van der Waals surface area contributed by atoms with Gasteiger partial charge in [0.2, 0.25) is 5.91 Å². The summed E-state index contributed by atoms with van der Waals surface area (Å²) in [5.41, 5.74) is 1.40. The summed E-state index contributed by atoms with van der Waals surface area (Å²) in [6, 6.07) is 11.2. The number of aromatic nitrogens is 4. The first-order chi connectivity index (χ1) is 12.7. The Bertz CT molecular complexity index is 925. The molecule has 1 aliphatic rings. The topological polar surface area (TPSA) is 84.6 Å². The zero-order chi connectivity index (χ0) is 17.9. The number of para-hydroxylation sites is 2. The summed E-state index contributed by atoms with van der Waals surface area (Å²) in [5.74, 6) is 1.39. The molecule has 134 valence electrons. The number of piperidine rings is 1. The molecule has 0 unspecified atom stereocenters. The van der Waals surface area contributed by atoms with E-state index >= 15 is 0 Å². The molecular weight excluding hydrogens is 332 g/mol. The number of carbonyl (C=O) groups excluding carboxylic acids is 1. The lowest BCUT2D eigenvalue weighted by Gasteiger charge is -2.32. The van der Waals surface area contributed by atoms with Gasteiger partial charge in [-0.3, -0.25) is 4.79 Å². The highest BCUT2D eigenvalue weighted by Gasteiger charge is 2.27. The predicted octanol–water partition coefficient (Wildman–Crippen LogP) is 1.99. The fourth-order valence-corrected chi connectivity index (χ4v) is 3.27. The molecule has 1 aromatic carbocycles. The lowest BCUT2D eigenvalue weighted by atomic mass is 9.97. The third-order valence-corrected chi connectivity index (χ3v) is 4.63. The average molecular weight is 352 g/mol. The maximum absolute atomic E-state index is 12.7. The van der Waals surface area contributed by atoms with Gasteiger partial charge in [-0.2, -0.15) is 4.52 Å². The van der Waals surface area contributed by atoms with Crippen LogP contribution in [0.4, 0.5) is 11.5 Å². The van der Waals surface area contributed by atoms with E-state index in [-0.39, 0.29) is 11.8 Å². The number of nitrogens with zero attached hydrogens (tertiary/aromatic N) is 5. The fourth-order valence-electron chi connectivity index (χ4n) is 3.27. The number of hydrogen-bond donors (Lipinski definition) is 1. The largest absolute Gasteiger partial charge is 0.495 e. The van der Waals surface area contributed by atoms with Crippen LogP contribution in [0.2, 0.25) is 0 Å². The first-order valence-electron chi connectivity index (χ1n) is 8.60. The van der Waals surface area contributed by atoms with Gasteiger partial charge in [-0.15, -0.1) is 15.3 Å². The molecule has 1 N–H and O–H groups in total. The average Bonchev–Trinajstić information content (AvgIpc) is 3.16. The van der Waals surface area contributed by atoms with Crippen LogP contribution < -0.4 is 15.0 Å². The van der Waals surface area contributed by atoms with E-state index in [1.807, 2.05) is 36.4 Å². The monoisotopic (exact) mass is 352 g/mol. The van der Waals surface area contributed by atoms with E-state index in [0.29, 0.717) is 23.6 Å². The van der Waals surface area contributed by atoms with Gasteiger partial charge < -0.3 is 15.0 Å². The number of carbonyl (C=O) groups is 1.